The standard InChI is InChI=1S/C9H12N2O5S/c12-8(13)6-3-11(4-6)9(14)10-7-1-2-17(15,16)5-7/h1-2,6-7H,3-5H2,(H,10,14)(H,12,13). The Labute approximate surface area is 98.0 Å². The van der Waals surface area contributed by atoms with Crippen molar-refractivity contribution in [3.63, 3.8) is 0 Å². The summed E-state index contributed by atoms with van der Waals surface area (Å²) in [7, 11) is -3.19. The van der Waals surface area contributed by atoms with Crippen LogP contribution in [0, 0.1) is 5.92 Å². The van der Waals surface area contributed by atoms with Crippen molar-refractivity contribution in [3.8, 4) is 0 Å². The summed E-state index contributed by atoms with van der Waals surface area (Å²) in [6.07, 6.45) is 1.42. The van der Waals surface area contributed by atoms with Crippen LogP contribution in [-0.4, -0.2) is 55.3 Å². The van der Waals surface area contributed by atoms with Crippen LogP contribution in [0.2, 0.25) is 0 Å². The molecule has 1 atom stereocenters. The molecule has 2 N–H and O–H groups in total. The van der Waals surface area contributed by atoms with E-state index in [2.05, 4.69) is 5.32 Å². The number of likely N-dealkylation sites (tertiary alicyclic amines) is 1. The van der Waals surface area contributed by atoms with Crippen LogP contribution in [0.25, 0.3) is 0 Å². The Hall–Kier alpha value is -1.57. The first-order valence-corrected chi connectivity index (χ1v) is 6.78. The predicted molar refractivity (Wildman–Crippen MR) is 57.9 cm³/mol. The van der Waals surface area contributed by atoms with Gasteiger partial charge in [-0.25, -0.2) is 13.2 Å². The van der Waals surface area contributed by atoms with Gasteiger partial charge in [0.2, 0.25) is 0 Å². The summed E-state index contributed by atoms with van der Waals surface area (Å²) in [4.78, 5) is 23.4. The molecular formula is C9H12N2O5S. The highest BCUT2D eigenvalue weighted by Crippen LogP contribution is 2.16. The fourth-order valence-corrected chi connectivity index (χ4v) is 2.95. The third-order valence-corrected chi connectivity index (χ3v) is 4.15. The molecular weight excluding hydrogens is 248 g/mol. The van der Waals surface area contributed by atoms with Crippen molar-refractivity contribution in [1.82, 2.24) is 10.2 Å². The summed E-state index contributed by atoms with van der Waals surface area (Å²) in [6.45, 7) is 0.342. The number of carboxylic acid groups (broad SMARTS) is 1. The molecule has 2 aliphatic rings. The van der Waals surface area contributed by atoms with Gasteiger partial charge in [-0.15, -0.1) is 0 Å². The number of sulfone groups is 1. The number of hydrogen-bond donors (Lipinski definition) is 2. The van der Waals surface area contributed by atoms with Crippen molar-refractivity contribution in [1.29, 1.82) is 0 Å². The molecule has 0 radical (unpaired) electrons. The van der Waals surface area contributed by atoms with Gasteiger partial charge in [-0.3, -0.25) is 4.79 Å². The zero-order valence-electron chi connectivity index (χ0n) is 8.87. The van der Waals surface area contributed by atoms with E-state index in [0.29, 0.717) is 0 Å². The zero-order valence-corrected chi connectivity index (χ0v) is 9.68. The summed E-state index contributed by atoms with van der Waals surface area (Å²) in [5.41, 5.74) is 0. The second-order valence-electron chi connectivity index (χ2n) is 4.15. The largest absolute Gasteiger partial charge is 0.481 e. The number of carbonyl (C=O) groups is 2. The second-order valence-corrected chi connectivity index (χ2v) is 6.09. The van der Waals surface area contributed by atoms with Gasteiger partial charge in [0.25, 0.3) is 0 Å². The minimum atomic E-state index is -3.19. The van der Waals surface area contributed by atoms with Gasteiger partial charge in [0, 0.05) is 18.5 Å². The number of rotatable bonds is 2. The Morgan fingerprint density at radius 2 is 2.00 bits per heavy atom. The molecule has 1 fully saturated rings. The van der Waals surface area contributed by atoms with E-state index in [4.69, 9.17) is 5.11 Å². The van der Waals surface area contributed by atoms with Crippen LogP contribution < -0.4 is 5.32 Å². The lowest BCUT2D eigenvalue weighted by molar-refractivity contribution is -0.146. The van der Waals surface area contributed by atoms with E-state index in [1.165, 1.54) is 11.0 Å². The normalized spacial score (nSPS) is 26.6. The number of carboxylic acids is 1. The van der Waals surface area contributed by atoms with Crippen molar-refractivity contribution in [3.05, 3.63) is 11.5 Å². The SMILES string of the molecule is O=C(O)C1CN(C(=O)NC2C=CS(=O)(=O)C2)C1. The van der Waals surface area contributed by atoms with E-state index in [1.54, 1.807) is 0 Å². The average molecular weight is 260 g/mol. The Kier molecular flexibility index (Phi) is 2.82. The second kappa shape index (κ2) is 4.02. The van der Waals surface area contributed by atoms with Gasteiger partial charge >= 0.3 is 12.0 Å². The van der Waals surface area contributed by atoms with Crippen LogP contribution in [-0.2, 0) is 14.6 Å². The van der Waals surface area contributed by atoms with Gasteiger partial charge in [0.05, 0.1) is 17.7 Å². The maximum atomic E-state index is 11.6. The molecule has 8 heteroatoms. The summed E-state index contributed by atoms with van der Waals surface area (Å²) in [6, 6.07) is -0.939. The van der Waals surface area contributed by atoms with Crippen LogP contribution >= 0.6 is 0 Å². The lowest BCUT2D eigenvalue weighted by atomic mass is 10.0. The Bertz CT molecular complexity index is 478. The molecule has 2 rings (SSSR count). The molecule has 2 amide bonds. The quantitative estimate of drug-likeness (QED) is 0.664. The van der Waals surface area contributed by atoms with Crippen molar-refractivity contribution in [2.45, 2.75) is 6.04 Å². The molecule has 0 aromatic heterocycles. The first-order chi connectivity index (χ1) is 7.87. The third kappa shape index (κ3) is 2.57. The lowest BCUT2D eigenvalue weighted by Crippen LogP contribution is -2.57. The van der Waals surface area contributed by atoms with E-state index in [9.17, 15) is 18.0 Å². The first-order valence-electron chi connectivity index (χ1n) is 5.06. The molecule has 17 heavy (non-hydrogen) atoms. The number of hydrogen-bond acceptors (Lipinski definition) is 4. The topological polar surface area (TPSA) is 104 Å². The minimum Gasteiger partial charge on any atom is -0.481 e. The fourth-order valence-electron chi connectivity index (χ4n) is 1.72. The molecule has 1 saturated heterocycles. The maximum Gasteiger partial charge on any atom is 0.317 e. The number of nitrogens with one attached hydrogen (secondary N) is 1. The Morgan fingerprint density at radius 1 is 1.35 bits per heavy atom. The summed E-state index contributed by atoms with van der Waals surface area (Å²) < 4.78 is 22.2. The first kappa shape index (κ1) is 11.9. The van der Waals surface area contributed by atoms with Crippen molar-refractivity contribution in [2.75, 3.05) is 18.8 Å². The lowest BCUT2D eigenvalue weighted by Gasteiger charge is -2.36. The van der Waals surface area contributed by atoms with Gasteiger partial charge < -0.3 is 15.3 Å². The summed E-state index contributed by atoms with van der Waals surface area (Å²) >= 11 is 0. The molecule has 0 aliphatic carbocycles. The number of aliphatic carboxylic acids is 1. The fraction of sp³-hybridized carbons (Fsp3) is 0.556. The van der Waals surface area contributed by atoms with Crippen molar-refractivity contribution >= 4 is 21.8 Å². The third-order valence-electron chi connectivity index (χ3n) is 2.76. The van der Waals surface area contributed by atoms with Crippen molar-refractivity contribution < 1.29 is 23.1 Å². The number of amides is 2. The molecule has 0 bridgehead atoms. The Morgan fingerprint density at radius 3 is 2.47 bits per heavy atom. The van der Waals surface area contributed by atoms with E-state index < -0.39 is 33.8 Å². The van der Waals surface area contributed by atoms with Crippen LogP contribution in [0.3, 0.4) is 0 Å². The highest BCUT2D eigenvalue weighted by molar-refractivity contribution is 7.94. The van der Waals surface area contributed by atoms with E-state index in [-0.39, 0.29) is 18.8 Å². The summed E-state index contributed by atoms with van der Waals surface area (Å²) in [5, 5.41) is 12.2. The zero-order chi connectivity index (χ0) is 12.6. The van der Waals surface area contributed by atoms with Crippen LogP contribution in [0.4, 0.5) is 4.79 Å². The van der Waals surface area contributed by atoms with Gasteiger partial charge in [0.1, 0.15) is 0 Å². The minimum absolute atomic E-state index is 0.130. The molecule has 7 nitrogen and oxygen atoms in total. The molecule has 94 valence electrons. The Balaban J connectivity index is 1.81. The molecule has 0 aromatic rings. The predicted octanol–water partition coefficient (Wildman–Crippen LogP) is -0.977. The molecule has 0 spiro atoms. The smallest absolute Gasteiger partial charge is 0.317 e. The van der Waals surface area contributed by atoms with Gasteiger partial charge in [0.15, 0.2) is 9.84 Å². The highest BCUT2D eigenvalue weighted by atomic mass is 32.2. The number of nitrogens with zero attached hydrogens (tertiary/aromatic N) is 1. The van der Waals surface area contributed by atoms with E-state index in [0.717, 1.165) is 5.41 Å². The molecule has 2 heterocycles. The van der Waals surface area contributed by atoms with Crippen LogP contribution in [0.5, 0.6) is 0 Å². The summed E-state index contributed by atoms with van der Waals surface area (Å²) in [5.74, 6) is -1.56. The highest BCUT2D eigenvalue weighted by Gasteiger charge is 2.36. The molecule has 1 unspecified atom stereocenters. The monoisotopic (exact) mass is 260 g/mol. The van der Waals surface area contributed by atoms with Crippen LogP contribution in [0.15, 0.2) is 11.5 Å². The van der Waals surface area contributed by atoms with E-state index >= 15 is 0 Å². The number of carbonyl (C=O) groups excluding carboxylic acids is 1. The van der Waals surface area contributed by atoms with E-state index in [1.807, 2.05) is 0 Å². The van der Waals surface area contributed by atoms with Crippen molar-refractivity contribution in [2.24, 2.45) is 5.92 Å². The molecule has 0 saturated carbocycles. The van der Waals surface area contributed by atoms with Gasteiger partial charge in [-0.1, -0.05) is 0 Å². The maximum absolute atomic E-state index is 11.6. The molecule has 0 aromatic carbocycles. The average Bonchev–Trinajstić information content (AvgIpc) is 2.41. The molecule has 2 aliphatic heterocycles. The van der Waals surface area contributed by atoms with Gasteiger partial charge in [-0.05, 0) is 6.08 Å². The van der Waals surface area contributed by atoms with Crippen LogP contribution in [0.1, 0.15) is 0 Å². The number of urea groups is 1. The van der Waals surface area contributed by atoms with Gasteiger partial charge in [-0.2, -0.15) is 0 Å².